The third-order valence-corrected chi connectivity index (χ3v) is 3.82. The second kappa shape index (κ2) is 11.2. The molecule has 0 heterocycles. The number of nitrogens with one attached hydrogen (secondary N) is 2. The standard InChI is InChI=1S/C21H23N3O6/c1-3-14-5-8-16(9-6-14)23-20(27)21(28)24-22-12-15-7-10-17(30-13-19(25)26)18(11-15)29-4-2/h5-12H,3-4,13H2,1-2H3,(H,23,27)(H,24,28)(H,25,26)/p-1/b22-12-. The number of carboxylic acids is 1. The van der Waals surface area contributed by atoms with Gasteiger partial charge in [0, 0.05) is 5.69 Å². The lowest BCUT2D eigenvalue weighted by Crippen LogP contribution is -2.32. The molecule has 0 aromatic heterocycles. The number of aryl methyl sites for hydroxylation is 1. The van der Waals surface area contributed by atoms with E-state index in [4.69, 9.17) is 9.47 Å². The van der Waals surface area contributed by atoms with Crippen molar-refractivity contribution in [1.82, 2.24) is 5.43 Å². The molecule has 0 fully saturated rings. The molecule has 2 amide bonds. The van der Waals surface area contributed by atoms with Gasteiger partial charge in [-0.2, -0.15) is 5.10 Å². The van der Waals surface area contributed by atoms with E-state index < -0.39 is 24.4 Å². The van der Waals surface area contributed by atoms with Crippen LogP contribution in [0, 0.1) is 0 Å². The summed E-state index contributed by atoms with van der Waals surface area (Å²) in [5.74, 6) is -2.59. The molecular formula is C21H22N3O6-. The number of carboxylic acid groups (broad SMARTS) is 1. The lowest BCUT2D eigenvalue weighted by Gasteiger charge is -2.12. The Labute approximate surface area is 173 Å². The molecule has 0 saturated heterocycles. The molecule has 0 aliphatic rings. The van der Waals surface area contributed by atoms with Crippen molar-refractivity contribution >= 4 is 29.7 Å². The summed E-state index contributed by atoms with van der Waals surface area (Å²) in [4.78, 5) is 34.4. The molecule has 0 aliphatic heterocycles. The highest BCUT2D eigenvalue weighted by Gasteiger charge is 2.13. The fourth-order valence-electron chi connectivity index (χ4n) is 2.36. The monoisotopic (exact) mass is 412 g/mol. The number of hydrazone groups is 1. The van der Waals surface area contributed by atoms with E-state index in [-0.39, 0.29) is 5.75 Å². The van der Waals surface area contributed by atoms with E-state index in [0.29, 0.717) is 23.6 Å². The SMILES string of the molecule is CCOc1cc(/C=N\NC(=O)C(=O)Nc2ccc(CC)cc2)ccc1OCC(=O)[O-]. The smallest absolute Gasteiger partial charge is 0.329 e. The first-order valence-corrected chi connectivity index (χ1v) is 9.25. The molecule has 0 radical (unpaired) electrons. The molecule has 0 atom stereocenters. The average Bonchev–Trinajstić information content (AvgIpc) is 2.73. The zero-order valence-corrected chi connectivity index (χ0v) is 16.6. The summed E-state index contributed by atoms with van der Waals surface area (Å²) in [6.07, 6.45) is 2.19. The zero-order valence-electron chi connectivity index (χ0n) is 16.6. The van der Waals surface area contributed by atoms with Gasteiger partial charge in [0.2, 0.25) is 0 Å². The lowest BCUT2D eigenvalue weighted by molar-refractivity contribution is -0.307. The predicted molar refractivity (Wildman–Crippen MR) is 108 cm³/mol. The Balaban J connectivity index is 1.95. The second-order valence-electron chi connectivity index (χ2n) is 6.00. The summed E-state index contributed by atoms with van der Waals surface area (Å²) in [5, 5.41) is 16.8. The first-order valence-electron chi connectivity index (χ1n) is 9.25. The van der Waals surface area contributed by atoms with E-state index >= 15 is 0 Å². The summed E-state index contributed by atoms with van der Waals surface area (Å²) < 4.78 is 10.5. The van der Waals surface area contributed by atoms with Crippen LogP contribution in [0.3, 0.4) is 0 Å². The van der Waals surface area contributed by atoms with Crippen molar-refractivity contribution in [3.05, 3.63) is 53.6 Å². The van der Waals surface area contributed by atoms with Gasteiger partial charge in [-0.05, 0) is 54.8 Å². The number of aliphatic carboxylic acids is 1. The predicted octanol–water partition coefficient (Wildman–Crippen LogP) is 0.865. The number of carbonyl (C=O) groups is 3. The quantitative estimate of drug-likeness (QED) is 0.357. The van der Waals surface area contributed by atoms with Crippen molar-refractivity contribution in [2.75, 3.05) is 18.5 Å². The van der Waals surface area contributed by atoms with Crippen molar-refractivity contribution in [2.45, 2.75) is 20.3 Å². The summed E-state index contributed by atoms with van der Waals surface area (Å²) in [6.45, 7) is 3.50. The number of anilines is 1. The minimum Gasteiger partial charge on any atom is -0.546 e. The molecule has 158 valence electrons. The van der Waals surface area contributed by atoms with E-state index in [1.54, 1.807) is 31.2 Å². The number of hydrogen-bond donors (Lipinski definition) is 2. The molecule has 0 aliphatic carbocycles. The Morgan fingerprint density at radius 1 is 1.00 bits per heavy atom. The molecular weight excluding hydrogens is 390 g/mol. The number of carbonyl (C=O) groups excluding carboxylic acids is 3. The third kappa shape index (κ3) is 6.93. The summed E-state index contributed by atoms with van der Waals surface area (Å²) >= 11 is 0. The topological polar surface area (TPSA) is 129 Å². The minimum atomic E-state index is -1.36. The summed E-state index contributed by atoms with van der Waals surface area (Å²) in [6, 6.07) is 11.8. The Kier molecular flexibility index (Phi) is 8.37. The van der Waals surface area contributed by atoms with Crippen LogP contribution in [0.5, 0.6) is 11.5 Å². The first kappa shape index (κ1) is 22.4. The van der Waals surface area contributed by atoms with Gasteiger partial charge in [-0.1, -0.05) is 19.1 Å². The molecule has 9 nitrogen and oxygen atoms in total. The minimum absolute atomic E-state index is 0.232. The third-order valence-electron chi connectivity index (χ3n) is 3.82. The first-order chi connectivity index (χ1) is 14.4. The number of hydrogen-bond acceptors (Lipinski definition) is 7. The fourth-order valence-corrected chi connectivity index (χ4v) is 2.36. The van der Waals surface area contributed by atoms with Crippen molar-refractivity contribution in [2.24, 2.45) is 5.10 Å². The van der Waals surface area contributed by atoms with Crippen LogP contribution in [0.1, 0.15) is 25.0 Å². The van der Waals surface area contributed by atoms with Gasteiger partial charge in [-0.15, -0.1) is 0 Å². The highest BCUT2D eigenvalue weighted by molar-refractivity contribution is 6.39. The summed E-state index contributed by atoms with van der Waals surface area (Å²) in [5.41, 5.74) is 4.30. The fraction of sp³-hybridized carbons (Fsp3) is 0.238. The number of ether oxygens (including phenoxy) is 2. The maximum Gasteiger partial charge on any atom is 0.329 e. The largest absolute Gasteiger partial charge is 0.546 e. The van der Waals surface area contributed by atoms with Gasteiger partial charge in [-0.25, -0.2) is 5.43 Å². The van der Waals surface area contributed by atoms with E-state index in [1.807, 2.05) is 19.1 Å². The maximum absolute atomic E-state index is 11.9. The molecule has 0 spiro atoms. The van der Waals surface area contributed by atoms with Gasteiger partial charge < -0.3 is 24.7 Å². The van der Waals surface area contributed by atoms with E-state index in [9.17, 15) is 19.5 Å². The van der Waals surface area contributed by atoms with Gasteiger partial charge in [-0.3, -0.25) is 9.59 Å². The van der Waals surface area contributed by atoms with Crippen LogP contribution in [0.25, 0.3) is 0 Å². The van der Waals surface area contributed by atoms with Crippen molar-refractivity contribution in [1.29, 1.82) is 0 Å². The van der Waals surface area contributed by atoms with Gasteiger partial charge in [0.25, 0.3) is 0 Å². The van der Waals surface area contributed by atoms with Gasteiger partial charge in [0.05, 0.1) is 18.8 Å². The molecule has 2 aromatic rings. The van der Waals surface area contributed by atoms with Crippen molar-refractivity contribution < 1.29 is 29.0 Å². The van der Waals surface area contributed by atoms with Crippen LogP contribution >= 0.6 is 0 Å². The highest BCUT2D eigenvalue weighted by atomic mass is 16.5. The molecule has 0 bridgehead atoms. The van der Waals surface area contributed by atoms with E-state index in [0.717, 1.165) is 12.0 Å². The van der Waals surface area contributed by atoms with Gasteiger partial charge >= 0.3 is 11.8 Å². The molecule has 2 rings (SSSR count). The summed E-state index contributed by atoms with van der Waals surface area (Å²) in [7, 11) is 0. The number of benzene rings is 2. The molecule has 2 aromatic carbocycles. The Bertz CT molecular complexity index is 925. The number of nitrogens with zero attached hydrogens (tertiary/aromatic N) is 1. The maximum atomic E-state index is 11.9. The Morgan fingerprint density at radius 3 is 2.37 bits per heavy atom. The van der Waals surface area contributed by atoms with Crippen molar-refractivity contribution in [3.8, 4) is 11.5 Å². The number of amides is 2. The van der Waals surface area contributed by atoms with Crippen LogP contribution in [0.4, 0.5) is 5.69 Å². The lowest BCUT2D eigenvalue weighted by atomic mass is 10.1. The van der Waals surface area contributed by atoms with Gasteiger partial charge in [0.1, 0.15) is 6.61 Å². The Morgan fingerprint density at radius 2 is 1.73 bits per heavy atom. The molecule has 0 saturated carbocycles. The van der Waals surface area contributed by atoms with E-state index in [1.165, 1.54) is 12.3 Å². The number of rotatable bonds is 9. The van der Waals surface area contributed by atoms with Crippen LogP contribution < -0.4 is 25.3 Å². The van der Waals surface area contributed by atoms with Crippen LogP contribution in [-0.2, 0) is 20.8 Å². The van der Waals surface area contributed by atoms with Crippen LogP contribution in [0.15, 0.2) is 47.6 Å². The molecule has 30 heavy (non-hydrogen) atoms. The van der Waals surface area contributed by atoms with Gasteiger partial charge in [0.15, 0.2) is 11.5 Å². The second-order valence-corrected chi connectivity index (χ2v) is 6.00. The molecule has 0 unspecified atom stereocenters. The highest BCUT2D eigenvalue weighted by Crippen LogP contribution is 2.28. The van der Waals surface area contributed by atoms with Crippen LogP contribution in [-0.4, -0.2) is 37.2 Å². The van der Waals surface area contributed by atoms with Crippen LogP contribution in [0.2, 0.25) is 0 Å². The molecule has 9 heteroatoms. The average molecular weight is 412 g/mol. The Hall–Kier alpha value is -3.88. The molecule has 2 N–H and O–H groups in total. The normalized spacial score (nSPS) is 10.5. The zero-order chi connectivity index (χ0) is 21.9. The van der Waals surface area contributed by atoms with E-state index in [2.05, 4.69) is 15.8 Å². The van der Waals surface area contributed by atoms with Crippen molar-refractivity contribution in [3.63, 3.8) is 0 Å².